The molecule has 106 valence electrons. The van der Waals surface area contributed by atoms with Crippen molar-refractivity contribution in [1.82, 2.24) is 5.32 Å². The van der Waals surface area contributed by atoms with Crippen molar-refractivity contribution in [1.29, 1.82) is 0 Å². The van der Waals surface area contributed by atoms with E-state index in [1.165, 1.54) is 0 Å². The smallest absolute Gasteiger partial charge is 0.170 e. The van der Waals surface area contributed by atoms with Gasteiger partial charge in [0, 0.05) is 25.8 Å². The van der Waals surface area contributed by atoms with Crippen molar-refractivity contribution in [2.75, 3.05) is 25.1 Å². The van der Waals surface area contributed by atoms with Gasteiger partial charge in [-0.25, -0.2) is 8.78 Å². The van der Waals surface area contributed by atoms with E-state index < -0.39 is 11.6 Å². The van der Waals surface area contributed by atoms with E-state index in [0.717, 1.165) is 18.6 Å². The lowest BCUT2D eigenvalue weighted by Gasteiger charge is -2.11. The van der Waals surface area contributed by atoms with Crippen molar-refractivity contribution in [2.45, 2.75) is 13.3 Å². The lowest BCUT2D eigenvalue weighted by Crippen LogP contribution is -2.30. The molecule has 0 fully saturated rings. The maximum absolute atomic E-state index is 13.5. The van der Waals surface area contributed by atoms with Crippen LogP contribution in [0.25, 0.3) is 0 Å². The van der Waals surface area contributed by atoms with Crippen molar-refractivity contribution in [3.05, 3.63) is 28.2 Å². The molecule has 1 rings (SSSR count). The van der Waals surface area contributed by atoms with Gasteiger partial charge in [0.2, 0.25) is 0 Å². The molecule has 0 radical (unpaired) electrons. The van der Waals surface area contributed by atoms with Gasteiger partial charge in [-0.05, 0) is 47.6 Å². The minimum atomic E-state index is -0.577. The summed E-state index contributed by atoms with van der Waals surface area (Å²) in [6.45, 7) is 3.83. The van der Waals surface area contributed by atoms with Crippen molar-refractivity contribution in [3.63, 3.8) is 0 Å². The molecule has 3 nitrogen and oxygen atoms in total. The fourth-order valence-electron chi connectivity index (χ4n) is 1.31. The van der Waals surface area contributed by atoms with Crippen LogP contribution in [0.2, 0.25) is 0 Å². The van der Waals surface area contributed by atoms with E-state index in [1.807, 2.05) is 6.92 Å². The summed E-state index contributed by atoms with van der Waals surface area (Å²) in [4.78, 5) is 0. The van der Waals surface area contributed by atoms with Gasteiger partial charge in [-0.15, -0.1) is 0 Å². The molecule has 0 atom stereocenters. The average Bonchev–Trinajstić information content (AvgIpc) is 2.35. The van der Waals surface area contributed by atoms with Crippen LogP contribution in [-0.2, 0) is 4.74 Å². The van der Waals surface area contributed by atoms with Gasteiger partial charge in [0.15, 0.2) is 5.11 Å². The number of rotatable bonds is 6. The first-order valence-electron chi connectivity index (χ1n) is 5.81. The molecule has 0 aromatic heterocycles. The Hall–Kier alpha value is -0.790. The molecular formula is C12H15BrF2N2OS. The van der Waals surface area contributed by atoms with E-state index in [0.29, 0.717) is 19.8 Å². The Balaban J connectivity index is 2.42. The van der Waals surface area contributed by atoms with Crippen molar-refractivity contribution in [2.24, 2.45) is 0 Å². The third-order valence-corrected chi connectivity index (χ3v) is 3.07. The summed E-state index contributed by atoms with van der Waals surface area (Å²) < 4.78 is 32.0. The number of hydrogen-bond donors (Lipinski definition) is 2. The lowest BCUT2D eigenvalue weighted by atomic mass is 10.3. The van der Waals surface area contributed by atoms with Crippen LogP contribution in [0.15, 0.2) is 16.6 Å². The fraction of sp³-hybridized carbons (Fsp3) is 0.417. The molecule has 0 spiro atoms. The SMILES string of the molecule is CCOCCCNC(=S)Nc1cc(F)c(Br)cc1F. The highest BCUT2D eigenvalue weighted by Crippen LogP contribution is 2.23. The quantitative estimate of drug-likeness (QED) is 0.466. The highest BCUT2D eigenvalue weighted by atomic mass is 79.9. The molecule has 19 heavy (non-hydrogen) atoms. The van der Waals surface area contributed by atoms with E-state index in [-0.39, 0.29) is 15.3 Å². The molecular weight excluding hydrogens is 338 g/mol. The van der Waals surface area contributed by atoms with Crippen LogP contribution >= 0.6 is 28.1 Å². The zero-order valence-electron chi connectivity index (χ0n) is 10.4. The Morgan fingerprint density at radius 1 is 1.37 bits per heavy atom. The number of nitrogens with one attached hydrogen (secondary N) is 2. The molecule has 0 unspecified atom stereocenters. The molecule has 0 aliphatic heterocycles. The number of halogens is 3. The summed E-state index contributed by atoms with van der Waals surface area (Å²) >= 11 is 7.89. The molecule has 0 aliphatic carbocycles. The number of thiocarbonyl (C=S) groups is 1. The highest BCUT2D eigenvalue weighted by molar-refractivity contribution is 9.10. The van der Waals surface area contributed by atoms with Crippen LogP contribution in [0.1, 0.15) is 13.3 Å². The number of benzene rings is 1. The lowest BCUT2D eigenvalue weighted by molar-refractivity contribution is 0.146. The van der Waals surface area contributed by atoms with Gasteiger partial charge in [-0.2, -0.15) is 0 Å². The third-order valence-electron chi connectivity index (χ3n) is 2.21. The van der Waals surface area contributed by atoms with E-state index in [1.54, 1.807) is 0 Å². The minimum absolute atomic E-state index is 0.00279. The minimum Gasteiger partial charge on any atom is -0.382 e. The summed E-state index contributed by atoms with van der Waals surface area (Å²) in [7, 11) is 0. The summed E-state index contributed by atoms with van der Waals surface area (Å²) in [5.41, 5.74) is 0.00279. The molecule has 0 heterocycles. The van der Waals surface area contributed by atoms with E-state index in [4.69, 9.17) is 17.0 Å². The predicted molar refractivity (Wildman–Crippen MR) is 79.4 cm³/mol. The molecule has 0 saturated heterocycles. The van der Waals surface area contributed by atoms with Gasteiger partial charge in [0.25, 0.3) is 0 Å². The summed E-state index contributed by atoms with van der Waals surface area (Å²) in [6.07, 6.45) is 0.785. The van der Waals surface area contributed by atoms with Crippen LogP contribution in [0.5, 0.6) is 0 Å². The maximum Gasteiger partial charge on any atom is 0.170 e. The zero-order chi connectivity index (χ0) is 14.3. The molecule has 1 aromatic carbocycles. The standard InChI is InChI=1S/C12H15BrF2N2OS/c1-2-18-5-3-4-16-12(19)17-11-7-9(14)8(13)6-10(11)15/h6-7H,2-5H2,1H3,(H2,16,17,19). The zero-order valence-corrected chi connectivity index (χ0v) is 12.8. The van der Waals surface area contributed by atoms with Crippen molar-refractivity contribution < 1.29 is 13.5 Å². The topological polar surface area (TPSA) is 33.3 Å². The van der Waals surface area contributed by atoms with Crippen molar-refractivity contribution >= 4 is 38.9 Å². The summed E-state index contributed by atoms with van der Waals surface area (Å²) in [5, 5.41) is 5.75. The number of hydrogen-bond acceptors (Lipinski definition) is 2. The van der Waals surface area contributed by atoms with Gasteiger partial charge in [0.1, 0.15) is 11.6 Å². The first kappa shape index (κ1) is 16.3. The highest BCUT2D eigenvalue weighted by Gasteiger charge is 2.09. The second-order valence-electron chi connectivity index (χ2n) is 3.68. The molecule has 7 heteroatoms. The third kappa shape index (κ3) is 5.80. The molecule has 0 bridgehead atoms. The van der Waals surface area contributed by atoms with E-state index >= 15 is 0 Å². The van der Waals surface area contributed by atoms with Gasteiger partial charge in [0.05, 0.1) is 10.2 Å². The molecule has 0 saturated carbocycles. The van der Waals surface area contributed by atoms with Crippen LogP contribution in [0.3, 0.4) is 0 Å². The van der Waals surface area contributed by atoms with Crippen LogP contribution in [0.4, 0.5) is 14.5 Å². The van der Waals surface area contributed by atoms with Crippen LogP contribution in [-0.4, -0.2) is 24.9 Å². The Kier molecular flexibility index (Phi) is 7.19. The molecule has 2 N–H and O–H groups in total. The second-order valence-corrected chi connectivity index (χ2v) is 4.94. The largest absolute Gasteiger partial charge is 0.382 e. The van der Waals surface area contributed by atoms with Gasteiger partial charge >= 0.3 is 0 Å². The average molecular weight is 353 g/mol. The van der Waals surface area contributed by atoms with Gasteiger partial charge in [-0.1, -0.05) is 0 Å². The van der Waals surface area contributed by atoms with Crippen LogP contribution < -0.4 is 10.6 Å². The van der Waals surface area contributed by atoms with Gasteiger partial charge in [-0.3, -0.25) is 0 Å². The normalized spacial score (nSPS) is 10.3. The van der Waals surface area contributed by atoms with Crippen LogP contribution in [0, 0.1) is 11.6 Å². The summed E-state index contributed by atoms with van der Waals surface area (Å²) in [6, 6.07) is 2.10. The first-order chi connectivity index (χ1) is 9.04. The summed E-state index contributed by atoms with van der Waals surface area (Å²) in [5.74, 6) is -1.13. The van der Waals surface area contributed by atoms with E-state index in [9.17, 15) is 8.78 Å². The number of anilines is 1. The predicted octanol–water partition coefficient (Wildman–Crippen LogP) is 3.44. The fourth-order valence-corrected chi connectivity index (χ4v) is 1.83. The Morgan fingerprint density at radius 2 is 2.11 bits per heavy atom. The Bertz CT molecular complexity index is 446. The monoisotopic (exact) mass is 352 g/mol. The molecule has 1 aromatic rings. The first-order valence-corrected chi connectivity index (χ1v) is 7.02. The Labute approximate surface area is 124 Å². The maximum atomic E-state index is 13.5. The molecule has 0 amide bonds. The Morgan fingerprint density at radius 3 is 2.79 bits per heavy atom. The second kappa shape index (κ2) is 8.39. The van der Waals surface area contributed by atoms with Gasteiger partial charge < -0.3 is 15.4 Å². The van der Waals surface area contributed by atoms with E-state index in [2.05, 4.69) is 26.6 Å². The number of ether oxygens (including phenoxy) is 1. The van der Waals surface area contributed by atoms with Crippen molar-refractivity contribution in [3.8, 4) is 0 Å². The molecule has 0 aliphatic rings.